The van der Waals surface area contributed by atoms with E-state index in [1.807, 2.05) is 0 Å². The minimum Gasteiger partial charge on any atom is -0.0732 e. The number of aryl methyl sites for hydroxylation is 1. The van der Waals surface area contributed by atoms with Gasteiger partial charge in [0.15, 0.2) is 0 Å². The summed E-state index contributed by atoms with van der Waals surface area (Å²) in [6.07, 6.45) is 8.74. The molecular weight excluding hydrogens is 219 g/mol. The molecule has 0 bridgehead atoms. The van der Waals surface area contributed by atoms with Gasteiger partial charge in [-0.3, -0.25) is 0 Å². The van der Waals surface area contributed by atoms with Crippen molar-refractivity contribution in [3.63, 3.8) is 0 Å². The van der Waals surface area contributed by atoms with Crippen molar-refractivity contribution < 1.29 is 18.6 Å². The molecule has 1 heteroatoms. The van der Waals surface area contributed by atoms with E-state index in [0.29, 0.717) is 5.92 Å². The average molecular weight is 235 g/mol. The van der Waals surface area contributed by atoms with E-state index in [0.717, 1.165) is 0 Å². The first kappa shape index (κ1) is 12.4. The fraction of sp³-hybridized carbons (Fsp3) is 0.286. The third-order valence-corrected chi connectivity index (χ3v) is 3.21. The van der Waals surface area contributed by atoms with E-state index >= 15 is 0 Å². The number of benzene rings is 1. The second-order valence-electron chi connectivity index (χ2n) is 4.02. The quantitative estimate of drug-likeness (QED) is 0.694. The van der Waals surface area contributed by atoms with Crippen LogP contribution in [-0.4, -0.2) is 0 Å². The summed E-state index contributed by atoms with van der Waals surface area (Å²) in [5, 5.41) is 0. The Labute approximate surface area is 104 Å². The van der Waals surface area contributed by atoms with Crippen molar-refractivity contribution >= 4 is 0 Å². The van der Waals surface area contributed by atoms with E-state index in [2.05, 4.69) is 57.2 Å². The van der Waals surface area contributed by atoms with Crippen molar-refractivity contribution in [1.82, 2.24) is 0 Å². The predicted molar refractivity (Wildman–Crippen MR) is 61.7 cm³/mol. The van der Waals surface area contributed by atoms with E-state index in [4.69, 9.17) is 0 Å². The summed E-state index contributed by atoms with van der Waals surface area (Å²) in [5.41, 5.74) is 5.69. The molecule has 0 heterocycles. The van der Waals surface area contributed by atoms with Gasteiger partial charge in [0.1, 0.15) is 0 Å². The van der Waals surface area contributed by atoms with Gasteiger partial charge in [-0.05, 0) is 43.0 Å². The fourth-order valence-corrected chi connectivity index (χ4v) is 1.98. The van der Waals surface area contributed by atoms with Gasteiger partial charge in [0, 0.05) is 24.5 Å². The Bertz CT molecular complexity index is 402. The molecule has 1 radical (unpaired) electrons. The van der Waals surface area contributed by atoms with Crippen LogP contribution < -0.4 is 0 Å². The second kappa shape index (κ2) is 4.87. The minimum absolute atomic E-state index is 0. The zero-order valence-electron chi connectivity index (χ0n) is 9.49. The van der Waals surface area contributed by atoms with E-state index in [1.54, 1.807) is 0 Å². The third-order valence-electron chi connectivity index (χ3n) is 3.21. The van der Waals surface area contributed by atoms with Crippen LogP contribution in [0.2, 0.25) is 0 Å². The maximum atomic E-state index is 2.25. The molecule has 77 valence electrons. The fourth-order valence-electron chi connectivity index (χ4n) is 1.98. The van der Waals surface area contributed by atoms with Gasteiger partial charge in [-0.25, -0.2) is 0 Å². The molecule has 1 aliphatic rings. The Balaban J connectivity index is 0.00000112. The van der Waals surface area contributed by atoms with Crippen molar-refractivity contribution in [2.75, 3.05) is 0 Å². The Morgan fingerprint density at radius 1 is 0.867 bits per heavy atom. The number of allylic oxidation sites excluding steroid dienone is 4. The molecule has 2 rings (SSSR count). The molecule has 0 aromatic heterocycles. The van der Waals surface area contributed by atoms with E-state index in [9.17, 15) is 0 Å². The van der Waals surface area contributed by atoms with Crippen LogP contribution in [0.4, 0.5) is 0 Å². The smallest absolute Gasteiger partial charge is 0.0207 e. The molecule has 0 amide bonds. The van der Waals surface area contributed by atoms with Crippen LogP contribution in [0.3, 0.4) is 0 Å². The second-order valence-corrected chi connectivity index (χ2v) is 4.02. The molecule has 0 saturated carbocycles. The van der Waals surface area contributed by atoms with Gasteiger partial charge in [0.05, 0.1) is 0 Å². The molecule has 1 aliphatic carbocycles. The van der Waals surface area contributed by atoms with E-state index < -0.39 is 0 Å². The summed E-state index contributed by atoms with van der Waals surface area (Å²) in [7, 11) is 0. The van der Waals surface area contributed by atoms with Gasteiger partial charge in [-0.15, -0.1) is 0 Å². The van der Waals surface area contributed by atoms with Crippen LogP contribution in [0.5, 0.6) is 0 Å². The van der Waals surface area contributed by atoms with Crippen LogP contribution in [0.15, 0.2) is 36.4 Å². The molecule has 0 fully saturated rings. The van der Waals surface area contributed by atoms with Gasteiger partial charge in [-0.1, -0.05) is 36.4 Å². The molecule has 0 unspecified atom stereocenters. The van der Waals surface area contributed by atoms with E-state index in [-0.39, 0.29) is 18.6 Å². The van der Waals surface area contributed by atoms with Crippen molar-refractivity contribution in [3.8, 4) is 0 Å². The monoisotopic (exact) mass is 235 g/mol. The molecule has 0 aliphatic heterocycles. The van der Waals surface area contributed by atoms with Crippen LogP contribution >= 0.6 is 0 Å². The first-order valence-corrected chi connectivity index (χ1v) is 5.12. The molecular formula is C14H16V. The van der Waals surface area contributed by atoms with Gasteiger partial charge < -0.3 is 0 Å². The minimum atomic E-state index is 0. The van der Waals surface area contributed by atoms with Gasteiger partial charge in [-0.2, -0.15) is 0 Å². The first-order chi connectivity index (χ1) is 6.70. The molecule has 0 nitrogen and oxygen atoms in total. The maximum absolute atomic E-state index is 2.25. The molecule has 0 spiro atoms. The predicted octanol–water partition coefficient (Wildman–Crippen LogP) is 3.82. The first-order valence-electron chi connectivity index (χ1n) is 5.12. The summed E-state index contributed by atoms with van der Waals surface area (Å²) in [4.78, 5) is 0. The number of rotatable bonds is 1. The summed E-state index contributed by atoms with van der Waals surface area (Å²) in [6, 6.07) is 4.47. The average Bonchev–Trinajstić information content (AvgIpc) is 2.67. The maximum Gasteiger partial charge on any atom is 0.0207 e. The molecule has 1 aromatic carbocycles. The Morgan fingerprint density at radius 3 is 2.07 bits per heavy atom. The van der Waals surface area contributed by atoms with Crippen molar-refractivity contribution in [2.24, 2.45) is 0 Å². The van der Waals surface area contributed by atoms with Crippen molar-refractivity contribution in [1.29, 1.82) is 0 Å². The van der Waals surface area contributed by atoms with Crippen molar-refractivity contribution in [2.45, 2.75) is 26.7 Å². The zero-order chi connectivity index (χ0) is 10.1. The molecule has 0 saturated heterocycles. The summed E-state index contributed by atoms with van der Waals surface area (Å²) in [6.45, 7) is 6.60. The molecule has 15 heavy (non-hydrogen) atoms. The Kier molecular flexibility index (Phi) is 4.01. The van der Waals surface area contributed by atoms with Gasteiger partial charge >= 0.3 is 0 Å². The standard InChI is InChI=1S/C14H16.V/c1-10-8-9-14(12(3)11(10)2)13-6-4-5-7-13;/h4-9,13H,1-3H3;. The summed E-state index contributed by atoms with van der Waals surface area (Å²) >= 11 is 0. The summed E-state index contributed by atoms with van der Waals surface area (Å²) in [5.74, 6) is 0.495. The summed E-state index contributed by atoms with van der Waals surface area (Å²) < 4.78 is 0. The van der Waals surface area contributed by atoms with E-state index in [1.165, 1.54) is 22.3 Å². The van der Waals surface area contributed by atoms with Crippen LogP contribution in [-0.2, 0) is 18.6 Å². The molecule has 0 N–H and O–H groups in total. The largest absolute Gasteiger partial charge is 0.0732 e. The van der Waals surface area contributed by atoms with Crippen LogP contribution in [0.25, 0.3) is 0 Å². The normalized spacial score (nSPS) is 14.3. The SMILES string of the molecule is Cc1ccc(C2C=CC=C2)c(C)c1C.[V]. The molecule has 0 atom stereocenters. The van der Waals surface area contributed by atoms with Gasteiger partial charge in [0.25, 0.3) is 0 Å². The van der Waals surface area contributed by atoms with Crippen molar-refractivity contribution in [3.05, 3.63) is 58.7 Å². The Hall–Kier alpha value is -0.716. The van der Waals surface area contributed by atoms with Crippen LogP contribution in [0, 0.1) is 20.8 Å². The topological polar surface area (TPSA) is 0 Å². The van der Waals surface area contributed by atoms with Gasteiger partial charge in [0.2, 0.25) is 0 Å². The zero-order valence-corrected chi connectivity index (χ0v) is 10.9. The number of hydrogen-bond donors (Lipinski definition) is 0. The molecule has 1 aromatic rings. The Morgan fingerprint density at radius 2 is 1.47 bits per heavy atom. The third kappa shape index (κ3) is 2.27. The number of hydrogen-bond acceptors (Lipinski definition) is 0. The van der Waals surface area contributed by atoms with Crippen LogP contribution in [0.1, 0.15) is 28.2 Å².